The van der Waals surface area contributed by atoms with E-state index in [4.69, 9.17) is 9.72 Å². The van der Waals surface area contributed by atoms with Gasteiger partial charge < -0.3 is 9.30 Å². The number of fused-ring (bicyclic) bond motifs is 1. The molecule has 6 rings (SSSR count). The molecule has 3 aromatic carbocycles. The predicted molar refractivity (Wildman–Crippen MR) is 155 cm³/mol. The van der Waals surface area contributed by atoms with Crippen molar-refractivity contribution < 1.29 is 4.74 Å². The molecule has 11 nitrogen and oxygen atoms in total. The Labute approximate surface area is 234 Å². The second-order valence-electron chi connectivity index (χ2n) is 9.52. The van der Waals surface area contributed by atoms with Crippen LogP contribution in [0.5, 0.6) is 0 Å². The topological polar surface area (TPSA) is 126 Å². The summed E-state index contributed by atoms with van der Waals surface area (Å²) in [5, 5.41) is 14.5. The third kappa shape index (κ3) is 4.76. The first-order chi connectivity index (χ1) is 20.1. The van der Waals surface area contributed by atoms with Gasteiger partial charge in [0.2, 0.25) is 5.82 Å². The van der Waals surface area contributed by atoms with E-state index in [9.17, 15) is 9.59 Å². The van der Waals surface area contributed by atoms with Gasteiger partial charge in [-0.25, -0.2) is 14.3 Å². The summed E-state index contributed by atoms with van der Waals surface area (Å²) >= 11 is 0. The monoisotopic (exact) mass is 548 g/mol. The highest BCUT2D eigenvalue weighted by Crippen LogP contribution is 2.30. The number of hydrogen-bond acceptors (Lipinski definition) is 7. The Bertz CT molecular complexity index is 1920. The molecule has 0 fully saturated rings. The second-order valence-corrected chi connectivity index (χ2v) is 9.52. The molecule has 11 heteroatoms. The van der Waals surface area contributed by atoms with Crippen molar-refractivity contribution in [3.8, 4) is 28.2 Å². The number of hydrogen-bond donors (Lipinski definition) is 1. The minimum absolute atomic E-state index is 0.271. The predicted octanol–water partition coefficient (Wildman–Crippen LogP) is 3.45. The van der Waals surface area contributed by atoms with Gasteiger partial charge in [-0.1, -0.05) is 73.7 Å². The van der Waals surface area contributed by atoms with E-state index in [1.165, 1.54) is 9.13 Å². The van der Waals surface area contributed by atoms with Crippen LogP contribution in [-0.4, -0.2) is 53.0 Å². The van der Waals surface area contributed by atoms with E-state index in [1.807, 2.05) is 66.1 Å². The average Bonchev–Trinajstić information content (AvgIpc) is 3.67. The largest absolute Gasteiger partial charge is 0.383 e. The third-order valence-electron chi connectivity index (χ3n) is 7.08. The summed E-state index contributed by atoms with van der Waals surface area (Å²) in [6.07, 6.45) is 0.591. The fourth-order valence-corrected chi connectivity index (χ4v) is 5.10. The first kappa shape index (κ1) is 26.1. The van der Waals surface area contributed by atoms with Crippen molar-refractivity contribution in [2.75, 3.05) is 13.7 Å². The number of methoxy groups -OCH3 is 1. The van der Waals surface area contributed by atoms with Gasteiger partial charge in [0, 0.05) is 25.6 Å². The normalized spacial score (nSPS) is 11.4. The lowest BCUT2D eigenvalue weighted by atomic mass is 9.98. The van der Waals surface area contributed by atoms with Gasteiger partial charge in [0.25, 0.3) is 5.56 Å². The third-order valence-corrected chi connectivity index (χ3v) is 7.08. The molecule has 0 saturated carbocycles. The van der Waals surface area contributed by atoms with Crippen molar-refractivity contribution in [1.29, 1.82) is 0 Å². The number of nitrogens with one attached hydrogen (secondary N) is 1. The fraction of sp³-hybridized carbons (Fsp3) is 0.200. The van der Waals surface area contributed by atoms with Crippen LogP contribution in [0.25, 0.3) is 39.4 Å². The number of ether oxygens (including phenoxy) is 1. The molecule has 0 aliphatic heterocycles. The SMILES string of the molecule is CCc1nc2c(c(=O)n(-c3ccccc3)c(=O)n2CCOC)n1Cc1ccc(-c2ccccc2-c2nn[nH]n2)cc1. The number of aromatic amines is 1. The first-order valence-corrected chi connectivity index (χ1v) is 13.3. The van der Waals surface area contributed by atoms with Crippen LogP contribution in [0.2, 0.25) is 0 Å². The van der Waals surface area contributed by atoms with Crippen LogP contribution in [0.3, 0.4) is 0 Å². The Morgan fingerprint density at radius 2 is 1.61 bits per heavy atom. The van der Waals surface area contributed by atoms with Gasteiger partial charge in [0.05, 0.1) is 18.8 Å². The van der Waals surface area contributed by atoms with Gasteiger partial charge in [0.15, 0.2) is 11.2 Å². The van der Waals surface area contributed by atoms with E-state index < -0.39 is 11.2 Å². The number of imidazole rings is 1. The molecule has 0 saturated heterocycles. The van der Waals surface area contributed by atoms with E-state index in [0.717, 1.165) is 28.1 Å². The van der Waals surface area contributed by atoms with E-state index in [1.54, 1.807) is 31.4 Å². The summed E-state index contributed by atoms with van der Waals surface area (Å²) in [5.41, 5.74) is 4.25. The van der Waals surface area contributed by atoms with Crippen molar-refractivity contribution in [3.05, 3.63) is 111 Å². The lowest BCUT2D eigenvalue weighted by Crippen LogP contribution is -2.40. The minimum Gasteiger partial charge on any atom is -0.383 e. The van der Waals surface area contributed by atoms with Crippen molar-refractivity contribution in [2.45, 2.75) is 26.4 Å². The zero-order valence-electron chi connectivity index (χ0n) is 22.7. The van der Waals surface area contributed by atoms with E-state index >= 15 is 0 Å². The summed E-state index contributed by atoms with van der Waals surface area (Å²) in [6.45, 7) is 2.98. The summed E-state index contributed by atoms with van der Waals surface area (Å²) in [6, 6.07) is 25.0. The molecule has 3 heterocycles. The maximum atomic E-state index is 13.9. The zero-order chi connectivity index (χ0) is 28.3. The Balaban J connectivity index is 1.46. The van der Waals surface area contributed by atoms with Crippen LogP contribution < -0.4 is 11.2 Å². The van der Waals surface area contributed by atoms with Crippen LogP contribution in [0, 0.1) is 0 Å². The molecule has 41 heavy (non-hydrogen) atoms. The molecule has 6 aromatic rings. The smallest absolute Gasteiger partial charge is 0.337 e. The molecule has 0 radical (unpaired) electrons. The Kier molecular flexibility index (Phi) is 7.09. The van der Waals surface area contributed by atoms with Crippen LogP contribution >= 0.6 is 0 Å². The Morgan fingerprint density at radius 1 is 0.878 bits per heavy atom. The number of aryl methyl sites for hydroxylation is 1. The van der Waals surface area contributed by atoms with Crippen LogP contribution in [0.1, 0.15) is 18.3 Å². The summed E-state index contributed by atoms with van der Waals surface area (Å²) in [5.74, 6) is 1.25. The summed E-state index contributed by atoms with van der Waals surface area (Å²) in [4.78, 5) is 32.3. The van der Waals surface area contributed by atoms with Crippen molar-refractivity contribution in [3.63, 3.8) is 0 Å². The molecular formula is C30H28N8O3. The minimum atomic E-state index is -0.442. The number of aromatic nitrogens is 8. The van der Waals surface area contributed by atoms with Crippen molar-refractivity contribution >= 4 is 11.2 Å². The van der Waals surface area contributed by atoms with Gasteiger partial charge in [-0.05, 0) is 34.0 Å². The molecule has 0 aliphatic rings. The second kappa shape index (κ2) is 11.1. The highest BCUT2D eigenvalue weighted by Gasteiger charge is 2.22. The van der Waals surface area contributed by atoms with Gasteiger partial charge in [0.1, 0.15) is 5.82 Å². The number of rotatable bonds is 9. The van der Waals surface area contributed by atoms with Crippen LogP contribution in [0.15, 0.2) is 88.5 Å². The average molecular weight is 549 g/mol. The number of para-hydroxylation sites is 1. The summed E-state index contributed by atoms with van der Waals surface area (Å²) in [7, 11) is 1.58. The van der Waals surface area contributed by atoms with E-state index in [-0.39, 0.29) is 6.54 Å². The molecule has 0 amide bonds. The first-order valence-electron chi connectivity index (χ1n) is 13.3. The molecule has 0 aliphatic carbocycles. The molecule has 206 valence electrons. The van der Waals surface area contributed by atoms with E-state index in [2.05, 4.69) is 20.6 Å². The number of nitrogens with zero attached hydrogens (tertiary/aromatic N) is 7. The fourth-order valence-electron chi connectivity index (χ4n) is 5.10. The van der Waals surface area contributed by atoms with Crippen LogP contribution in [0.4, 0.5) is 0 Å². The molecular weight excluding hydrogens is 520 g/mol. The van der Waals surface area contributed by atoms with Gasteiger partial charge >= 0.3 is 5.69 Å². The molecule has 0 spiro atoms. The standard InChI is InChI=1S/C30H28N8O3/c1-3-25-31-28-26(29(39)38(22-9-5-4-6-10-22)30(40)36(28)17-18-41-2)37(25)19-20-13-15-21(16-14-20)23-11-7-8-12-24(23)27-32-34-35-33-27/h4-16H,3,17-19H2,1-2H3,(H,32,33,34,35). The van der Waals surface area contributed by atoms with Crippen molar-refractivity contribution in [2.24, 2.45) is 0 Å². The van der Waals surface area contributed by atoms with E-state index in [0.29, 0.717) is 42.2 Å². The Hall–Kier alpha value is -5.16. The van der Waals surface area contributed by atoms with Gasteiger partial charge in [-0.3, -0.25) is 9.36 Å². The molecule has 0 atom stereocenters. The van der Waals surface area contributed by atoms with Gasteiger partial charge in [-0.15, -0.1) is 10.2 Å². The highest BCUT2D eigenvalue weighted by molar-refractivity contribution is 5.80. The van der Waals surface area contributed by atoms with Crippen LogP contribution in [-0.2, 0) is 24.2 Å². The quantitative estimate of drug-likeness (QED) is 0.293. The number of H-pyrrole nitrogens is 1. The molecule has 1 N–H and O–H groups in total. The lowest BCUT2D eigenvalue weighted by molar-refractivity contribution is 0.186. The van der Waals surface area contributed by atoms with Gasteiger partial charge in [-0.2, -0.15) is 5.21 Å². The number of benzene rings is 3. The molecule has 3 aromatic heterocycles. The maximum absolute atomic E-state index is 13.9. The summed E-state index contributed by atoms with van der Waals surface area (Å²) < 4.78 is 9.93. The molecule has 0 bridgehead atoms. The Morgan fingerprint density at radius 3 is 2.29 bits per heavy atom. The van der Waals surface area contributed by atoms with Crippen molar-refractivity contribution in [1.82, 2.24) is 39.3 Å². The maximum Gasteiger partial charge on any atom is 0.337 e. The lowest BCUT2D eigenvalue weighted by Gasteiger charge is -2.13. The number of tetrazole rings is 1. The molecule has 0 unspecified atom stereocenters. The highest BCUT2D eigenvalue weighted by atomic mass is 16.5. The zero-order valence-corrected chi connectivity index (χ0v) is 22.7.